The summed E-state index contributed by atoms with van der Waals surface area (Å²) >= 11 is 0. The summed E-state index contributed by atoms with van der Waals surface area (Å²) in [5, 5.41) is 3.27. The van der Waals surface area contributed by atoms with Crippen LogP contribution in [0.4, 0.5) is 5.82 Å². The summed E-state index contributed by atoms with van der Waals surface area (Å²) in [5.41, 5.74) is 0.879. The molecule has 19 heavy (non-hydrogen) atoms. The van der Waals surface area contributed by atoms with E-state index in [0.717, 1.165) is 12.2 Å². The lowest BCUT2D eigenvalue weighted by atomic mass is 9.81. The number of methoxy groups -OCH3 is 1. The maximum atomic E-state index is 11.5. The molecule has 0 bridgehead atoms. The quantitative estimate of drug-likeness (QED) is 0.829. The van der Waals surface area contributed by atoms with Crippen LogP contribution in [-0.2, 0) is 4.74 Å². The molecule has 0 aliphatic rings. The third-order valence-electron chi connectivity index (χ3n) is 3.51. The van der Waals surface area contributed by atoms with Crippen molar-refractivity contribution < 1.29 is 9.53 Å². The number of aromatic nitrogens is 2. The largest absolute Gasteiger partial charge is 0.463 e. The number of rotatable bonds is 5. The number of carbonyl (C=O) groups excluding carboxylic acids is 1. The first kappa shape index (κ1) is 15.4. The smallest absolute Gasteiger partial charge is 0.376 e. The molecule has 0 spiro atoms. The normalized spacial score (nSPS) is 11.5. The van der Waals surface area contributed by atoms with Crippen LogP contribution >= 0.6 is 0 Å². The minimum absolute atomic E-state index is 0.0901. The molecule has 106 valence electrons. The van der Waals surface area contributed by atoms with E-state index in [9.17, 15) is 4.79 Å². The number of ether oxygens (including phenoxy) is 1. The van der Waals surface area contributed by atoms with Crippen molar-refractivity contribution in [3.05, 3.63) is 17.6 Å². The first-order valence-electron chi connectivity index (χ1n) is 6.44. The van der Waals surface area contributed by atoms with Gasteiger partial charge in [-0.3, -0.25) is 0 Å². The molecular weight excluding hydrogens is 242 g/mol. The van der Waals surface area contributed by atoms with Crippen molar-refractivity contribution in [2.45, 2.75) is 34.6 Å². The Morgan fingerprint density at radius 3 is 2.58 bits per heavy atom. The molecule has 0 fully saturated rings. The molecule has 1 N–H and O–H groups in total. The second kappa shape index (κ2) is 5.99. The molecule has 0 saturated carbocycles. The second-order valence-corrected chi connectivity index (χ2v) is 5.71. The van der Waals surface area contributed by atoms with Crippen LogP contribution in [0.3, 0.4) is 0 Å². The molecule has 1 rings (SSSR count). The highest BCUT2D eigenvalue weighted by Crippen LogP contribution is 2.26. The average molecular weight is 265 g/mol. The number of hydrogen-bond acceptors (Lipinski definition) is 5. The van der Waals surface area contributed by atoms with Gasteiger partial charge in [-0.15, -0.1) is 0 Å². The van der Waals surface area contributed by atoms with Gasteiger partial charge >= 0.3 is 5.97 Å². The van der Waals surface area contributed by atoms with Crippen LogP contribution in [0.1, 0.15) is 44.0 Å². The summed E-state index contributed by atoms with van der Waals surface area (Å²) in [6, 6.07) is 1.82. The van der Waals surface area contributed by atoms with E-state index >= 15 is 0 Å². The molecule has 1 heterocycles. The highest BCUT2D eigenvalue weighted by molar-refractivity contribution is 5.85. The number of nitrogens with one attached hydrogen (secondary N) is 1. The predicted molar refractivity (Wildman–Crippen MR) is 75.2 cm³/mol. The van der Waals surface area contributed by atoms with Crippen molar-refractivity contribution >= 4 is 11.8 Å². The summed E-state index contributed by atoms with van der Waals surface area (Å²) in [6.07, 6.45) is 0. The molecular formula is C14H23N3O2. The minimum Gasteiger partial charge on any atom is -0.463 e. The number of anilines is 1. The lowest BCUT2D eigenvalue weighted by molar-refractivity contribution is 0.0586. The molecule has 1 aromatic rings. The highest BCUT2D eigenvalue weighted by Gasteiger charge is 2.22. The molecule has 0 atom stereocenters. The SMILES string of the molecule is COC(=O)c1nc(C)cc(NCC(C)(C)C(C)C)n1. The topological polar surface area (TPSA) is 64.1 Å². The van der Waals surface area contributed by atoms with Crippen LogP contribution in [0.25, 0.3) is 0 Å². The lowest BCUT2D eigenvalue weighted by Gasteiger charge is -2.29. The van der Waals surface area contributed by atoms with Crippen LogP contribution in [-0.4, -0.2) is 29.6 Å². The van der Waals surface area contributed by atoms with E-state index in [1.165, 1.54) is 7.11 Å². The van der Waals surface area contributed by atoms with E-state index in [4.69, 9.17) is 0 Å². The molecule has 0 aromatic carbocycles. The maximum absolute atomic E-state index is 11.5. The van der Waals surface area contributed by atoms with E-state index in [1.807, 2.05) is 13.0 Å². The average Bonchev–Trinajstić information content (AvgIpc) is 2.34. The molecule has 0 unspecified atom stereocenters. The van der Waals surface area contributed by atoms with Gasteiger partial charge in [0.1, 0.15) is 5.82 Å². The van der Waals surface area contributed by atoms with Gasteiger partial charge in [0.15, 0.2) is 0 Å². The third kappa shape index (κ3) is 4.19. The standard InChI is InChI=1S/C14H23N3O2/c1-9(2)14(4,5)8-15-11-7-10(3)16-12(17-11)13(18)19-6/h7,9H,8H2,1-6H3,(H,15,16,17). The molecule has 0 amide bonds. The monoisotopic (exact) mass is 265 g/mol. The van der Waals surface area contributed by atoms with Gasteiger partial charge < -0.3 is 10.1 Å². The van der Waals surface area contributed by atoms with Gasteiger partial charge in [0.05, 0.1) is 7.11 Å². The van der Waals surface area contributed by atoms with Crippen LogP contribution < -0.4 is 5.32 Å². The molecule has 0 aliphatic heterocycles. The van der Waals surface area contributed by atoms with Crippen molar-refractivity contribution in [1.29, 1.82) is 0 Å². The molecule has 0 saturated heterocycles. The number of aryl methyl sites for hydroxylation is 1. The maximum Gasteiger partial charge on any atom is 0.376 e. The molecule has 0 aliphatic carbocycles. The zero-order chi connectivity index (χ0) is 14.6. The van der Waals surface area contributed by atoms with Crippen molar-refractivity contribution in [2.75, 3.05) is 19.0 Å². The van der Waals surface area contributed by atoms with Gasteiger partial charge in [-0.25, -0.2) is 14.8 Å². The zero-order valence-corrected chi connectivity index (χ0v) is 12.6. The summed E-state index contributed by atoms with van der Waals surface area (Å²) < 4.78 is 4.64. The Hall–Kier alpha value is -1.65. The van der Waals surface area contributed by atoms with Crippen molar-refractivity contribution in [3.8, 4) is 0 Å². The van der Waals surface area contributed by atoms with Gasteiger partial charge in [-0.1, -0.05) is 27.7 Å². The van der Waals surface area contributed by atoms with E-state index in [0.29, 0.717) is 11.7 Å². The van der Waals surface area contributed by atoms with Gasteiger partial charge in [0, 0.05) is 18.3 Å². The highest BCUT2D eigenvalue weighted by atomic mass is 16.5. The molecule has 1 aromatic heterocycles. The first-order valence-corrected chi connectivity index (χ1v) is 6.44. The third-order valence-corrected chi connectivity index (χ3v) is 3.51. The van der Waals surface area contributed by atoms with Gasteiger partial charge in [0.2, 0.25) is 5.82 Å². The van der Waals surface area contributed by atoms with Gasteiger partial charge in [-0.2, -0.15) is 0 Å². The fraction of sp³-hybridized carbons (Fsp3) is 0.643. The molecule has 5 nitrogen and oxygen atoms in total. The Kier molecular flexibility index (Phi) is 4.86. The van der Waals surface area contributed by atoms with Gasteiger partial charge in [-0.05, 0) is 18.3 Å². The Morgan fingerprint density at radius 1 is 1.42 bits per heavy atom. The second-order valence-electron chi connectivity index (χ2n) is 5.71. The fourth-order valence-corrected chi connectivity index (χ4v) is 1.36. The van der Waals surface area contributed by atoms with Crippen molar-refractivity contribution in [2.24, 2.45) is 11.3 Å². The molecule has 5 heteroatoms. The number of esters is 1. The number of nitrogens with zero attached hydrogens (tertiary/aromatic N) is 2. The predicted octanol–water partition coefficient (Wildman–Crippen LogP) is 2.67. The Bertz CT molecular complexity index is 456. The molecule has 0 radical (unpaired) electrons. The van der Waals surface area contributed by atoms with Crippen molar-refractivity contribution in [1.82, 2.24) is 9.97 Å². The minimum atomic E-state index is -0.519. The summed E-state index contributed by atoms with van der Waals surface area (Å²) in [4.78, 5) is 19.7. The number of carbonyl (C=O) groups is 1. The summed E-state index contributed by atoms with van der Waals surface area (Å²) in [6.45, 7) is 11.4. The Labute approximate surface area is 114 Å². The van der Waals surface area contributed by atoms with Crippen molar-refractivity contribution in [3.63, 3.8) is 0 Å². The van der Waals surface area contributed by atoms with E-state index in [1.54, 1.807) is 0 Å². The lowest BCUT2D eigenvalue weighted by Crippen LogP contribution is -2.29. The van der Waals surface area contributed by atoms with Crippen LogP contribution in [0, 0.1) is 18.3 Å². The fourth-order valence-electron chi connectivity index (χ4n) is 1.36. The van der Waals surface area contributed by atoms with E-state index in [2.05, 4.69) is 47.7 Å². The first-order chi connectivity index (χ1) is 8.76. The Balaban J connectivity index is 2.85. The van der Waals surface area contributed by atoms with E-state index in [-0.39, 0.29) is 11.2 Å². The van der Waals surface area contributed by atoms with Crippen LogP contribution in [0.15, 0.2) is 6.07 Å². The van der Waals surface area contributed by atoms with Crippen LogP contribution in [0.2, 0.25) is 0 Å². The van der Waals surface area contributed by atoms with E-state index < -0.39 is 5.97 Å². The summed E-state index contributed by atoms with van der Waals surface area (Å²) in [5.74, 6) is 0.770. The number of hydrogen-bond donors (Lipinski definition) is 1. The van der Waals surface area contributed by atoms with Gasteiger partial charge in [0.25, 0.3) is 0 Å². The summed E-state index contributed by atoms with van der Waals surface area (Å²) in [7, 11) is 1.32. The zero-order valence-electron chi connectivity index (χ0n) is 12.6. The Morgan fingerprint density at radius 2 is 2.05 bits per heavy atom. The van der Waals surface area contributed by atoms with Crippen LogP contribution in [0.5, 0.6) is 0 Å².